The zero-order chi connectivity index (χ0) is 23.1. The summed E-state index contributed by atoms with van der Waals surface area (Å²) >= 11 is 2.99. The summed E-state index contributed by atoms with van der Waals surface area (Å²) in [4.78, 5) is 18.6. The van der Waals surface area contributed by atoms with Crippen LogP contribution in [0.4, 0.5) is 0 Å². The van der Waals surface area contributed by atoms with Crippen LogP contribution in [0.15, 0.2) is 57.2 Å². The third-order valence-corrected chi connectivity index (χ3v) is 7.74. The molecule has 1 aromatic heterocycles. The highest BCUT2D eigenvalue weighted by atomic mass is 32.2. The third-order valence-electron chi connectivity index (χ3n) is 4.69. The summed E-state index contributed by atoms with van der Waals surface area (Å²) in [5.74, 6) is 0.636. The van der Waals surface area contributed by atoms with Gasteiger partial charge in [-0.3, -0.25) is 4.79 Å². The Hall–Kier alpha value is -1.98. The fourth-order valence-electron chi connectivity index (χ4n) is 3.04. The second kappa shape index (κ2) is 11.2. The van der Waals surface area contributed by atoms with Crippen LogP contribution >= 0.6 is 23.1 Å². The van der Waals surface area contributed by atoms with Crippen molar-refractivity contribution in [3.63, 3.8) is 0 Å². The molecule has 3 aromatic rings. The van der Waals surface area contributed by atoms with Crippen LogP contribution in [0.1, 0.15) is 25.3 Å². The summed E-state index contributed by atoms with van der Waals surface area (Å²) in [7, 11) is -3.81. The van der Waals surface area contributed by atoms with E-state index in [0.717, 1.165) is 17.7 Å². The quantitative estimate of drug-likeness (QED) is 0.343. The molecule has 1 heterocycles. The summed E-state index contributed by atoms with van der Waals surface area (Å²) < 4.78 is 31.5. The number of aryl methyl sites for hydroxylation is 1. The number of ether oxygens (including phenoxy) is 1. The van der Waals surface area contributed by atoms with Gasteiger partial charge in [0, 0.05) is 24.5 Å². The number of benzene rings is 2. The first-order valence-corrected chi connectivity index (χ1v) is 13.6. The summed E-state index contributed by atoms with van der Waals surface area (Å²) in [6.45, 7) is 5.53. The maximum Gasteiger partial charge on any atom is 0.248 e. The molecule has 32 heavy (non-hydrogen) atoms. The van der Waals surface area contributed by atoms with E-state index in [2.05, 4.69) is 36.2 Å². The zero-order valence-corrected chi connectivity index (χ0v) is 20.6. The van der Waals surface area contributed by atoms with Crippen LogP contribution in [0.5, 0.6) is 0 Å². The average Bonchev–Trinajstić information content (AvgIpc) is 3.08. The van der Waals surface area contributed by atoms with Crippen molar-refractivity contribution in [2.75, 3.05) is 19.0 Å². The van der Waals surface area contributed by atoms with Gasteiger partial charge in [0.2, 0.25) is 15.9 Å². The van der Waals surface area contributed by atoms with Gasteiger partial charge in [0.15, 0.2) is 4.80 Å². The second-order valence-corrected chi connectivity index (χ2v) is 10.9. The Bertz CT molecular complexity index is 1250. The Kier molecular flexibility index (Phi) is 8.66. The van der Waals surface area contributed by atoms with E-state index >= 15 is 0 Å². The second-order valence-electron chi connectivity index (χ2n) is 7.18. The number of fused-ring (bicyclic) bond motifs is 1. The van der Waals surface area contributed by atoms with Gasteiger partial charge >= 0.3 is 0 Å². The Morgan fingerprint density at radius 1 is 1.22 bits per heavy atom. The van der Waals surface area contributed by atoms with Gasteiger partial charge < -0.3 is 9.30 Å². The first kappa shape index (κ1) is 24.7. The number of rotatable bonds is 10. The monoisotopic (exact) mass is 493 g/mol. The number of nitrogens with two attached hydrogens (primary N) is 1. The van der Waals surface area contributed by atoms with E-state index < -0.39 is 10.0 Å². The SMILES string of the molecule is CCOCCn1c(=NC(=O)CCCSc2ccc(C)cc2)sc2cc(S(N)(=O)=O)ccc21. The lowest BCUT2D eigenvalue weighted by atomic mass is 10.2. The summed E-state index contributed by atoms with van der Waals surface area (Å²) in [6.07, 6.45) is 1.07. The Morgan fingerprint density at radius 2 is 1.97 bits per heavy atom. The molecule has 172 valence electrons. The summed E-state index contributed by atoms with van der Waals surface area (Å²) in [5.41, 5.74) is 2.02. The lowest BCUT2D eigenvalue weighted by Gasteiger charge is -2.06. The van der Waals surface area contributed by atoms with Gasteiger partial charge in [-0.15, -0.1) is 11.8 Å². The number of primary sulfonamides is 1. The van der Waals surface area contributed by atoms with Gasteiger partial charge in [0.1, 0.15) is 0 Å². The number of sulfonamides is 1. The minimum atomic E-state index is -3.81. The molecule has 0 saturated carbocycles. The van der Waals surface area contributed by atoms with E-state index in [-0.39, 0.29) is 10.8 Å². The molecule has 7 nitrogen and oxygen atoms in total. The molecule has 0 unspecified atom stereocenters. The highest BCUT2D eigenvalue weighted by Gasteiger charge is 2.13. The Morgan fingerprint density at radius 3 is 2.66 bits per heavy atom. The average molecular weight is 494 g/mol. The number of carbonyl (C=O) groups excluding carboxylic acids is 1. The normalized spacial score (nSPS) is 12.5. The van der Waals surface area contributed by atoms with Crippen molar-refractivity contribution >= 4 is 49.2 Å². The molecule has 0 atom stereocenters. The van der Waals surface area contributed by atoms with E-state index in [1.165, 1.54) is 33.9 Å². The van der Waals surface area contributed by atoms with Crippen LogP contribution in [0.3, 0.4) is 0 Å². The van der Waals surface area contributed by atoms with Crippen molar-refractivity contribution in [2.24, 2.45) is 10.1 Å². The zero-order valence-electron chi connectivity index (χ0n) is 18.1. The topological polar surface area (TPSA) is 104 Å². The van der Waals surface area contributed by atoms with E-state index in [1.54, 1.807) is 17.8 Å². The molecule has 1 amide bonds. The van der Waals surface area contributed by atoms with Crippen molar-refractivity contribution in [3.8, 4) is 0 Å². The molecule has 0 spiro atoms. The smallest absolute Gasteiger partial charge is 0.248 e. The fourth-order valence-corrected chi connectivity index (χ4v) is 5.62. The molecule has 0 aliphatic rings. The molecule has 0 radical (unpaired) electrons. The van der Waals surface area contributed by atoms with Crippen molar-refractivity contribution in [3.05, 3.63) is 52.8 Å². The van der Waals surface area contributed by atoms with Gasteiger partial charge in [-0.1, -0.05) is 29.0 Å². The lowest BCUT2D eigenvalue weighted by Crippen LogP contribution is -2.19. The largest absolute Gasteiger partial charge is 0.380 e. The molecule has 2 N–H and O–H groups in total. The minimum Gasteiger partial charge on any atom is -0.380 e. The van der Waals surface area contributed by atoms with Crippen LogP contribution in [0.25, 0.3) is 10.2 Å². The van der Waals surface area contributed by atoms with Crippen LogP contribution in [-0.4, -0.2) is 37.9 Å². The van der Waals surface area contributed by atoms with Gasteiger partial charge in [-0.2, -0.15) is 4.99 Å². The molecule has 3 rings (SSSR count). The molecule has 0 saturated heterocycles. The number of amides is 1. The van der Waals surface area contributed by atoms with Gasteiger partial charge in [0.25, 0.3) is 0 Å². The summed E-state index contributed by atoms with van der Waals surface area (Å²) in [5, 5.41) is 5.26. The number of aromatic nitrogens is 1. The van der Waals surface area contributed by atoms with Crippen molar-refractivity contribution < 1.29 is 17.9 Å². The number of thioether (sulfide) groups is 1. The molecule has 2 aromatic carbocycles. The first-order chi connectivity index (χ1) is 15.3. The van der Waals surface area contributed by atoms with Crippen molar-refractivity contribution in [2.45, 2.75) is 43.0 Å². The van der Waals surface area contributed by atoms with Gasteiger partial charge in [-0.25, -0.2) is 13.6 Å². The van der Waals surface area contributed by atoms with Gasteiger partial charge in [0.05, 0.1) is 21.7 Å². The lowest BCUT2D eigenvalue weighted by molar-refractivity contribution is -0.118. The number of hydrogen-bond donors (Lipinski definition) is 1. The molecule has 0 fully saturated rings. The number of thiazole rings is 1. The predicted molar refractivity (Wildman–Crippen MR) is 129 cm³/mol. The van der Waals surface area contributed by atoms with Crippen LogP contribution in [-0.2, 0) is 26.1 Å². The van der Waals surface area contributed by atoms with Crippen molar-refractivity contribution in [1.29, 1.82) is 0 Å². The highest BCUT2D eigenvalue weighted by molar-refractivity contribution is 7.99. The van der Waals surface area contributed by atoms with Crippen LogP contribution < -0.4 is 9.94 Å². The maximum atomic E-state index is 12.5. The molecule has 0 bridgehead atoms. The van der Waals surface area contributed by atoms with E-state index in [0.29, 0.717) is 35.7 Å². The third kappa shape index (κ3) is 6.76. The molecular weight excluding hydrogens is 466 g/mol. The predicted octanol–water partition coefficient (Wildman–Crippen LogP) is 3.69. The van der Waals surface area contributed by atoms with Gasteiger partial charge in [-0.05, 0) is 56.4 Å². The van der Waals surface area contributed by atoms with Crippen molar-refractivity contribution in [1.82, 2.24) is 4.57 Å². The number of hydrogen-bond acceptors (Lipinski definition) is 6. The standard InChI is InChI=1S/C22H27N3O4S3/c1-3-29-13-12-25-19-11-10-18(32(23,27)28)15-20(19)31-22(25)24-21(26)5-4-14-30-17-8-6-16(2)7-9-17/h6-11,15H,3-5,12-14H2,1-2H3,(H2,23,27,28). The minimum absolute atomic E-state index is 0.0363. The summed E-state index contributed by atoms with van der Waals surface area (Å²) in [6, 6.07) is 13.0. The number of carbonyl (C=O) groups is 1. The maximum absolute atomic E-state index is 12.5. The van der Waals surface area contributed by atoms with E-state index in [4.69, 9.17) is 9.88 Å². The number of nitrogens with zero attached hydrogens (tertiary/aromatic N) is 2. The molecular formula is C22H27N3O4S3. The molecule has 0 aliphatic heterocycles. The first-order valence-electron chi connectivity index (χ1n) is 10.3. The van der Waals surface area contributed by atoms with Crippen LogP contribution in [0, 0.1) is 6.92 Å². The van der Waals surface area contributed by atoms with Crippen LogP contribution in [0.2, 0.25) is 0 Å². The van der Waals surface area contributed by atoms with E-state index in [9.17, 15) is 13.2 Å². The fraction of sp³-hybridized carbons (Fsp3) is 0.364. The molecule has 0 aliphatic carbocycles. The highest BCUT2D eigenvalue weighted by Crippen LogP contribution is 2.22. The Labute approximate surface area is 196 Å². The Balaban J connectivity index is 1.75. The molecule has 10 heteroatoms. The van der Waals surface area contributed by atoms with E-state index in [1.807, 2.05) is 11.5 Å².